The monoisotopic (exact) mass is 406 g/mol. The number of aryl methyl sites for hydroxylation is 1. The van der Waals surface area contributed by atoms with E-state index in [2.05, 4.69) is 0 Å². The minimum Gasteiger partial charge on any atom is -0.497 e. The van der Waals surface area contributed by atoms with Crippen LogP contribution in [-0.4, -0.2) is 49.1 Å². The van der Waals surface area contributed by atoms with Gasteiger partial charge in [0.2, 0.25) is 0 Å². The molecule has 1 fully saturated rings. The first kappa shape index (κ1) is 20.2. The first-order valence-electron chi connectivity index (χ1n) is 10.1. The molecule has 2 aliphatic heterocycles. The van der Waals surface area contributed by atoms with Gasteiger partial charge in [0.05, 0.1) is 30.6 Å². The van der Waals surface area contributed by atoms with Gasteiger partial charge in [-0.25, -0.2) is 4.90 Å². The van der Waals surface area contributed by atoms with Crippen LogP contribution in [0.5, 0.6) is 5.75 Å². The van der Waals surface area contributed by atoms with Crippen molar-refractivity contribution in [2.24, 2.45) is 0 Å². The van der Waals surface area contributed by atoms with Gasteiger partial charge in [0.25, 0.3) is 11.8 Å². The molecule has 2 aromatic carbocycles. The van der Waals surface area contributed by atoms with Crippen molar-refractivity contribution in [3.05, 3.63) is 65.4 Å². The number of methoxy groups -OCH3 is 1. The molecular formula is C24H26N2O4. The van der Waals surface area contributed by atoms with E-state index in [1.54, 1.807) is 31.4 Å². The summed E-state index contributed by atoms with van der Waals surface area (Å²) in [4.78, 5) is 30.4. The Bertz CT molecular complexity index is 985. The van der Waals surface area contributed by atoms with Crippen LogP contribution in [0.1, 0.15) is 25.0 Å². The Morgan fingerprint density at radius 1 is 0.900 bits per heavy atom. The summed E-state index contributed by atoms with van der Waals surface area (Å²) in [7, 11) is 1.58. The fraction of sp³-hybridized carbons (Fsp3) is 0.333. The fourth-order valence-corrected chi connectivity index (χ4v) is 4.12. The second-order valence-electron chi connectivity index (χ2n) is 7.90. The van der Waals surface area contributed by atoms with Gasteiger partial charge in [-0.1, -0.05) is 29.8 Å². The van der Waals surface area contributed by atoms with E-state index in [1.165, 1.54) is 4.90 Å². The summed E-state index contributed by atoms with van der Waals surface area (Å²) in [5, 5.41) is 0. The number of hydrogen-bond donors (Lipinski definition) is 0. The molecule has 0 aliphatic carbocycles. The van der Waals surface area contributed by atoms with Gasteiger partial charge in [-0.15, -0.1) is 0 Å². The molecule has 0 bridgehead atoms. The molecule has 0 aromatic heterocycles. The molecule has 2 aliphatic rings. The number of amides is 2. The van der Waals surface area contributed by atoms with Crippen LogP contribution in [0.25, 0.3) is 5.57 Å². The lowest BCUT2D eigenvalue weighted by atomic mass is 10.0. The van der Waals surface area contributed by atoms with Gasteiger partial charge in [-0.3, -0.25) is 9.59 Å². The molecule has 4 rings (SSSR count). The maximum atomic E-state index is 13.6. The Hall–Kier alpha value is -3.12. The molecule has 2 amide bonds. The minimum atomic E-state index is -0.309. The van der Waals surface area contributed by atoms with Crippen LogP contribution in [0.15, 0.2) is 54.2 Å². The summed E-state index contributed by atoms with van der Waals surface area (Å²) < 4.78 is 11.0. The van der Waals surface area contributed by atoms with Gasteiger partial charge in [0.1, 0.15) is 11.4 Å². The third kappa shape index (κ3) is 3.59. The molecule has 2 aromatic rings. The van der Waals surface area contributed by atoms with Crippen molar-refractivity contribution in [3.63, 3.8) is 0 Å². The van der Waals surface area contributed by atoms with E-state index in [1.807, 2.05) is 49.9 Å². The highest BCUT2D eigenvalue weighted by molar-refractivity contribution is 6.45. The summed E-state index contributed by atoms with van der Waals surface area (Å²) in [6.07, 6.45) is -0.0584. The highest BCUT2D eigenvalue weighted by Crippen LogP contribution is 2.36. The number of rotatable bonds is 4. The first-order valence-corrected chi connectivity index (χ1v) is 10.1. The summed E-state index contributed by atoms with van der Waals surface area (Å²) in [6.45, 7) is 7.08. The van der Waals surface area contributed by atoms with Gasteiger partial charge in [-0.05, 0) is 50.6 Å². The standard InChI is InChI=1S/C24H26N2O4/c1-15-5-7-18(8-6-15)21-22(25-13-16(2)30-17(3)14-25)24(28)26(23(21)27)19-9-11-20(29-4)12-10-19/h5-12,16-17H,13-14H2,1-4H3. The minimum absolute atomic E-state index is 0.0292. The van der Waals surface area contributed by atoms with E-state index in [0.29, 0.717) is 35.8 Å². The predicted octanol–water partition coefficient (Wildman–Crippen LogP) is 3.40. The molecule has 0 spiro atoms. The van der Waals surface area contributed by atoms with E-state index in [0.717, 1.165) is 11.1 Å². The highest BCUT2D eigenvalue weighted by atomic mass is 16.5. The van der Waals surface area contributed by atoms with Gasteiger partial charge in [0.15, 0.2) is 0 Å². The molecule has 0 saturated carbocycles. The topological polar surface area (TPSA) is 59.1 Å². The number of ether oxygens (including phenoxy) is 2. The van der Waals surface area contributed by atoms with Crippen LogP contribution < -0.4 is 9.64 Å². The largest absolute Gasteiger partial charge is 0.497 e. The molecule has 30 heavy (non-hydrogen) atoms. The Kier molecular flexibility index (Phi) is 5.35. The Morgan fingerprint density at radius 2 is 1.50 bits per heavy atom. The zero-order valence-electron chi connectivity index (χ0n) is 17.7. The number of benzene rings is 2. The maximum Gasteiger partial charge on any atom is 0.282 e. The molecule has 2 atom stereocenters. The van der Waals surface area contributed by atoms with Gasteiger partial charge in [0, 0.05) is 13.1 Å². The third-order valence-corrected chi connectivity index (χ3v) is 5.47. The van der Waals surface area contributed by atoms with E-state index in [9.17, 15) is 9.59 Å². The normalized spacial score (nSPS) is 22.1. The molecule has 156 valence electrons. The zero-order chi connectivity index (χ0) is 21.4. The lowest BCUT2D eigenvalue weighted by molar-refractivity contribution is -0.121. The number of nitrogens with zero attached hydrogens (tertiary/aromatic N) is 2. The van der Waals surface area contributed by atoms with Crippen molar-refractivity contribution < 1.29 is 19.1 Å². The smallest absolute Gasteiger partial charge is 0.282 e. The van der Waals surface area contributed by atoms with Crippen molar-refractivity contribution in [1.29, 1.82) is 0 Å². The van der Waals surface area contributed by atoms with Crippen LogP contribution in [0, 0.1) is 6.92 Å². The third-order valence-electron chi connectivity index (χ3n) is 5.47. The molecule has 6 nitrogen and oxygen atoms in total. The van der Waals surface area contributed by atoms with Crippen molar-refractivity contribution in [2.45, 2.75) is 33.0 Å². The van der Waals surface area contributed by atoms with Crippen LogP contribution >= 0.6 is 0 Å². The van der Waals surface area contributed by atoms with E-state index in [4.69, 9.17) is 9.47 Å². The second-order valence-corrected chi connectivity index (χ2v) is 7.90. The van der Waals surface area contributed by atoms with E-state index < -0.39 is 0 Å². The van der Waals surface area contributed by atoms with Crippen LogP contribution in [0.3, 0.4) is 0 Å². The average Bonchev–Trinajstić information content (AvgIpc) is 2.98. The number of imide groups is 1. The summed E-state index contributed by atoms with van der Waals surface area (Å²) in [5.74, 6) is 0.0541. The molecular weight excluding hydrogens is 380 g/mol. The Morgan fingerprint density at radius 3 is 2.07 bits per heavy atom. The van der Waals surface area contributed by atoms with Crippen molar-refractivity contribution >= 4 is 23.1 Å². The number of morpholine rings is 1. The Labute approximate surface area is 176 Å². The van der Waals surface area contributed by atoms with Crippen molar-refractivity contribution in [1.82, 2.24) is 4.90 Å². The number of carbonyl (C=O) groups is 2. The van der Waals surface area contributed by atoms with E-state index >= 15 is 0 Å². The zero-order valence-corrected chi connectivity index (χ0v) is 17.7. The molecule has 6 heteroatoms. The SMILES string of the molecule is COc1ccc(N2C(=O)C(c3ccc(C)cc3)=C(N3CC(C)OC(C)C3)C2=O)cc1. The number of carbonyl (C=O) groups excluding carboxylic acids is 2. The number of hydrogen-bond acceptors (Lipinski definition) is 5. The molecule has 2 heterocycles. The summed E-state index contributed by atoms with van der Waals surface area (Å²) in [5.41, 5.74) is 3.26. The van der Waals surface area contributed by atoms with Gasteiger partial charge in [-0.2, -0.15) is 0 Å². The molecule has 2 unspecified atom stereocenters. The lowest BCUT2D eigenvalue weighted by Gasteiger charge is -2.37. The average molecular weight is 406 g/mol. The molecule has 1 saturated heterocycles. The Balaban J connectivity index is 1.80. The molecule has 0 N–H and O–H groups in total. The molecule has 0 radical (unpaired) electrons. The quantitative estimate of drug-likeness (QED) is 0.729. The second kappa shape index (κ2) is 7.95. The van der Waals surface area contributed by atoms with Crippen LogP contribution in [0.4, 0.5) is 5.69 Å². The highest BCUT2D eigenvalue weighted by Gasteiger charge is 2.43. The maximum absolute atomic E-state index is 13.6. The van der Waals surface area contributed by atoms with Crippen molar-refractivity contribution in [2.75, 3.05) is 25.1 Å². The summed E-state index contributed by atoms with van der Waals surface area (Å²) >= 11 is 0. The fourth-order valence-electron chi connectivity index (χ4n) is 4.12. The van der Waals surface area contributed by atoms with Crippen LogP contribution in [-0.2, 0) is 14.3 Å². The van der Waals surface area contributed by atoms with Crippen molar-refractivity contribution in [3.8, 4) is 5.75 Å². The summed E-state index contributed by atoms with van der Waals surface area (Å²) in [6, 6.07) is 14.7. The first-order chi connectivity index (χ1) is 14.4. The van der Waals surface area contributed by atoms with E-state index in [-0.39, 0.29) is 24.0 Å². The van der Waals surface area contributed by atoms with Gasteiger partial charge >= 0.3 is 0 Å². The number of anilines is 1. The van der Waals surface area contributed by atoms with Gasteiger partial charge < -0.3 is 14.4 Å². The lowest BCUT2D eigenvalue weighted by Crippen LogP contribution is -2.47. The van der Waals surface area contributed by atoms with Crippen LogP contribution in [0.2, 0.25) is 0 Å². The predicted molar refractivity (Wildman–Crippen MR) is 115 cm³/mol.